The molecular weight excluding hydrogens is 356 g/mol. The lowest BCUT2D eigenvalue weighted by Crippen LogP contribution is -1.97. The zero-order valence-corrected chi connectivity index (χ0v) is 15.5. The maximum absolute atomic E-state index is 6.20. The predicted molar refractivity (Wildman–Crippen MR) is 103 cm³/mol. The van der Waals surface area contributed by atoms with Crippen LogP contribution in [0.5, 0.6) is 5.75 Å². The molecule has 0 unspecified atom stereocenters. The topological polar surface area (TPSA) is 52.3 Å². The molecule has 5 nitrogen and oxygen atoms in total. The minimum absolute atomic E-state index is 0.648. The summed E-state index contributed by atoms with van der Waals surface area (Å²) in [4.78, 5) is 0. The highest BCUT2D eigenvalue weighted by Gasteiger charge is 2.13. The van der Waals surface area contributed by atoms with Crippen molar-refractivity contribution in [3.63, 3.8) is 0 Å². The van der Waals surface area contributed by atoms with Crippen LogP contribution in [-0.4, -0.2) is 34.0 Å². The lowest BCUT2D eigenvalue weighted by atomic mass is 10.2. The molecule has 0 aliphatic heterocycles. The van der Waals surface area contributed by atoms with Gasteiger partial charge in [0.1, 0.15) is 5.75 Å². The third-order valence-corrected chi connectivity index (χ3v) is 4.60. The van der Waals surface area contributed by atoms with E-state index in [4.69, 9.17) is 16.3 Å². The molecule has 7 heteroatoms. The second-order valence-electron chi connectivity index (χ2n) is 5.05. The van der Waals surface area contributed by atoms with E-state index < -0.39 is 0 Å². The summed E-state index contributed by atoms with van der Waals surface area (Å²) in [6, 6.07) is 15.2. The van der Waals surface area contributed by atoms with Crippen molar-refractivity contribution in [3.8, 4) is 17.1 Å². The molecule has 0 atom stereocenters. The van der Waals surface area contributed by atoms with Gasteiger partial charge >= 0.3 is 0 Å². The van der Waals surface area contributed by atoms with Gasteiger partial charge in [0.05, 0.1) is 13.3 Å². The highest BCUT2D eigenvalue weighted by atomic mass is 35.5. The van der Waals surface area contributed by atoms with E-state index >= 15 is 0 Å². The van der Waals surface area contributed by atoms with Gasteiger partial charge in [-0.2, -0.15) is 9.78 Å². The summed E-state index contributed by atoms with van der Waals surface area (Å²) in [7, 11) is 1.64. The Hall–Kier alpha value is -2.31. The fourth-order valence-electron chi connectivity index (χ4n) is 2.21. The molecule has 2 aromatic carbocycles. The Morgan fingerprint density at radius 2 is 1.92 bits per heavy atom. The van der Waals surface area contributed by atoms with Crippen LogP contribution in [0.15, 0.2) is 58.8 Å². The third kappa shape index (κ3) is 4.03. The number of benzene rings is 2. The Bertz CT molecular complexity index is 877. The van der Waals surface area contributed by atoms with Gasteiger partial charge in [-0.05, 0) is 36.1 Å². The van der Waals surface area contributed by atoms with E-state index in [9.17, 15) is 0 Å². The molecule has 0 amide bonds. The van der Waals surface area contributed by atoms with E-state index in [2.05, 4.69) is 22.2 Å². The molecule has 25 heavy (non-hydrogen) atoms. The minimum atomic E-state index is 0.648. The molecule has 1 aromatic heterocycles. The van der Waals surface area contributed by atoms with Crippen molar-refractivity contribution in [2.75, 3.05) is 12.9 Å². The highest BCUT2D eigenvalue weighted by Crippen LogP contribution is 2.25. The number of ether oxygens (including phenoxy) is 1. The monoisotopic (exact) mass is 372 g/mol. The van der Waals surface area contributed by atoms with Crippen LogP contribution in [0, 0.1) is 0 Å². The number of aromatic nitrogens is 3. The number of methoxy groups -OCH3 is 1. The summed E-state index contributed by atoms with van der Waals surface area (Å²) >= 11 is 7.79. The van der Waals surface area contributed by atoms with Crippen LogP contribution in [0.1, 0.15) is 12.5 Å². The van der Waals surface area contributed by atoms with Gasteiger partial charge in [-0.1, -0.05) is 48.5 Å². The lowest BCUT2D eigenvalue weighted by Gasteiger charge is -2.05. The molecule has 3 rings (SSSR count). The predicted octanol–water partition coefficient (Wildman–Crippen LogP) is 4.60. The molecule has 128 valence electrons. The lowest BCUT2D eigenvalue weighted by molar-refractivity contribution is 0.415. The molecule has 1 heterocycles. The Morgan fingerprint density at radius 1 is 1.16 bits per heavy atom. The summed E-state index contributed by atoms with van der Waals surface area (Å²) in [5, 5.41) is 14.5. The van der Waals surface area contributed by atoms with Gasteiger partial charge in [-0.3, -0.25) is 0 Å². The molecule has 0 fully saturated rings. The quantitative estimate of drug-likeness (QED) is 0.468. The smallest absolute Gasteiger partial charge is 0.212 e. The first kappa shape index (κ1) is 17.5. The average Bonchev–Trinajstić information content (AvgIpc) is 3.04. The SMILES string of the molecule is CCSc1nnc(-c2ccc(OC)cc2)n1N=Cc1ccccc1Cl. The first-order chi connectivity index (χ1) is 12.2. The molecule has 0 saturated carbocycles. The first-order valence-electron chi connectivity index (χ1n) is 7.74. The molecule has 0 N–H and O–H groups in total. The number of rotatable bonds is 6. The van der Waals surface area contributed by atoms with Crippen molar-refractivity contribution in [2.45, 2.75) is 12.1 Å². The van der Waals surface area contributed by atoms with Crippen LogP contribution < -0.4 is 4.74 Å². The number of thioether (sulfide) groups is 1. The summed E-state index contributed by atoms with van der Waals surface area (Å²) < 4.78 is 6.94. The zero-order chi connectivity index (χ0) is 17.6. The number of nitrogens with zero attached hydrogens (tertiary/aromatic N) is 4. The Kier molecular flexibility index (Phi) is 5.73. The zero-order valence-electron chi connectivity index (χ0n) is 13.9. The van der Waals surface area contributed by atoms with Crippen LogP contribution in [0.4, 0.5) is 0 Å². The third-order valence-electron chi connectivity index (χ3n) is 3.45. The largest absolute Gasteiger partial charge is 0.497 e. The highest BCUT2D eigenvalue weighted by molar-refractivity contribution is 7.99. The van der Waals surface area contributed by atoms with Gasteiger partial charge in [-0.25, -0.2) is 0 Å². The van der Waals surface area contributed by atoms with Crippen LogP contribution in [0.3, 0.4) is 0 Å². The van der Waals surface area contributed by atoms with E-state index in [1.807, 2.05) is 48.5 Å². The fourth-order valence-corrected chi connectivity index (χ4v) is 3.01. The van der Waals surface area contributed by atoms with Gasteiger partial charge in [0.25, 0.3) is 0 Å². The van der Waals surface area contributed by atoms with Gasteiger partial charge in [0.15, 0.2) is 5.82 Å². The summed E-state index contributed by atoms with van der Waals surface area (Å²) in [5.41, 5.74) is 1.75. The Labute approximate surface area is 155 Å². The van der Waals surface area contributed by atoms with Gasteiger partial charge in [0.2, 0.25) is 5.16 Å². The van der Waals surface area contributed by atoms with E-state index in [1.54, 1.807) is 29.8 Å². The second-order valence-corrected chi connectivity index (χ2v) is 6.68. The summed E-state index contributed by atoms with van der Waals surface area (Å²) in [5.74, 6) is 2.34. The number of hydrogen-bond acceptors (Lipinski definition) is 5. The maximum Gasteiger partial charge on any atom is 0.212 e. The van der Waals surface area contributed by atoms with E-state index in [1.165, 1.54) is 0 Å². The molecule has 0 saturated heterocycles. The second kappa shape index (κ2) is 8.18. The standard InChI is InChI=1S/C18H17ClN4OS/c1-3-25-18-22-21-17(13-8-10-15(24-2)11-9-13)23(18)20-12-14-6-4-5-7-16(14)19/h4-12H,3H2,1-2H3. The molecule has 0 aliphatic rings. The molecule has 0 radical (unpaired) electrons. The minimum Gasteiger partial charge on any atom is -0.497 e. The van der Waals surface area contributed by atoms with Crippen molar-refractivity contribution < 1.29 is 4.74 Å². The number of halogens is 1. The average molecular weight is 373 g/mol. The van der Waals surface area contributed by atoms with E-state index in [0.29, 0.717) is 10.8 Å². The van der Waals surface area contributed by atoms with Gasteiger partial charge in [0, 0.05) is 16.1 Å². The fraction of sp³-hybridized carbons (Fsp3) is 0.167. The van der Waals surface area contributed by atoms with Crippen molar-refractivity contribution in [1.82, 2.24) is 14.9 Å². The molecule has 0 spiro atoms. The van der Waals surface area contributed by atoms with Crippen LogP contribution >= 0.6 is 23.4 Å². The summed E-state index contributed by atoms with van der Waals surface area (Å²) in [6.07, 6.45) is 1.72. The Balaban J connectivity index is 2.01. The van der Waals surface area contributed by atoms with Crippen molar-refractivity contribution in [2.24, 2.45) is 5.10 Å². The van der Waals surface area contributed by atoms with Gasteiger partial charge < -0.3 is 4.74 Å². The van der Waals surface area contributed by atoms with Crippen molar-refractivity contribution in [1.29, 1.82) is 0 Å². The molecule has 0 bridgehead atoms. The maximum atomic E-state index is 6.20. The normalized spacial score (nSPS) is 11.2. The van der Waals surface area contributed by atoms with E-state index in [0.717, 1.165) is 27.8 Å². The van der Waals surface area contributed by atoms with Crippen LogP contribution in [-0.2, 0) is 0 Å². The first-order valence-corrected chi connectivity index (χ1v) is 9.10. The van der Waals surface area contributed by atoms with Crippen LogP contribution in [0.2, 0.25) is 5.02 Å². The Morgan fingerprint density at radius 3 is 2.60 bits per heavy atom. The van der Waals surface area contributed by atoms with Crippen LogP contribution in [0.25, 0.3) is 11.4 Å². The van der Waals surface area contributed by atoms with E-state index in [-0.39, 0.29) is 0 Å². The van der Waals surface area contributed by atoms with Crippen molar-refractivity contribution in [3.05, 3.63) is 59.1 Å². The molecular formula is C18H17ClN4OS. The van der Waals surface area contributed by atoms with Crippen molar-refractivity contribution >= 4 is 29.6 Å². The molecule has 3 aromatic rings. The summed E-state index contributed by atoms with van der Waals surface area (Å²) in [6.45, 7) is 2.06. The number of hydrogen-bond donors (Lipinski definition) is 0. The van der Waals surface area contributed by atoms with Gasteiger partial charge in [-0.15, -0.1) is 10.2 Å². The molecule has 0 aliphatic carbocycles.